The van der Waals surface area contributed by atoms with Crippen LogP contribution in [0.15, 0.2) is 18.2 Å². The van der Waals surface area contributed by atoms with Crippen molar-refractivity contribution in [3.63, 3.8) is 0 Å². The van der Waals surface area contributed by atoms with Gasteiger partial charge in [-0.25, -0.2) is 9.23 Å². The summed E-state index contributed by atoms with van der Waals surface area (Å²) in [6.07, 6.45) is 1.23. The Labute approximate surface area is 114 Å². The lowest BCUT2D eigenvalue weighted by molar-refractivity contribution is -0.311. The predicted molar refractivity (Wildman–Crippen MR) is 63.8 cm³/mol. The van der Waals surface area contributed by atoms with Crippen LogP contribution in [0.25, 0.3) is 0 Å². The van der Waals surface area contributed by atoms with E-state index in [0.29, 0.717) is 24.3 Å². The van der Waals surface area contributed by atoms with Crippen molar-refractivity contribution in [1.29, 1.82) is 0 Å². The average Bonchev–Trinajstić information content (AvgIpc) is 2.67. The van der Waals surface area contributed by atoms with Crippen LogP contribution in [0.3, 0.4) is 0 Å². The number of hydrogen-bond acceptors (Lipinski definition) is 3. The topological polar surface area (TPSA) is 21.7 Å². The molecule has 1 fully saturated rings. The summed E-state index contributed by atoms with van der Waals surface area (Å²) in [5, 5.41) is 1.21. The van der Waals surface area contributed by atoms with Crippen LogP contribution in [0.2, 0.25) is 0 Å². The monoisotopic (exact) mass is 295 g/mol. The molecule has 2 aliphatic heterocycles. The van der Waals surface area contributed by atoms with Gasteiger partial charge in [-0.3, -0.25) is 0 Å². The molecule has 2 atom stereocenters. The summed E-state index contributed by atoms with van der Waals surface area (Å²) in [6, 6.07) is 3.71. The lowest BCUT2D eigenvalue weighted by Gasteiger charge is -2.34. The summed E-state index contributed by atoms with van der Waals surface area (Å²) >= 11 is 0. The summed E-state index contributed by atoms with van der Waals surface area (Å²) < 4.78 is 43.6. The number of alkyl halides is 2. The Morgan fingerprint density at radius 3 is 2.89 bits per heavy atom. The maximum absolute atomic E-state index is 13.2. The fraction of sp³-hybridized carbons (Fsp3) is 0.500. The number of ether oxygens (including phenoxy) is 1. The van der Waals surface area contributed by atoms with Crippen molar-refractivity contribution >= 4 is 12.4 Å². The van der Waals surface area contributed by atoms with Gasteiger partial charge in [0, 0.05) is 12.1 Å². The molecule has 0 N–H and O–H groups in total. The number of hydrogen-bond donors (Lipinski definition) is 0. The smallest absolute Gasteiger partial charge is 0.360 e. The van der Waals surface area contributed by atoms with E-state index in [1.54, 1.807) is 0 Å². The molecule has 1 aromatic rings. The Morgan fingerprint density at radius 1 is 1.37 bits per heavy atom. The number of fused-ring (bicyclic) bond motifs is 3. The Hall–Kier alpha value is -0.980. The van der Waals surface area contributed by atoms with E-state index in [0.717, 1.165) is 6.42 Å². The number of halogens is 4. The number of benzene rings is 1. The molecule has 19 heavy (non-hydrogen) atoms. The Kier molecular flexibility index (Phi) is 4.23. The number of piperidine rings is 1. The third-order valence-corrected chi connectivity index (χ3v) is 3.31. The van der Waals surface area contributed by atoms with Crippen molar-refractivity contribution in [2.24, 2.45) is 0 Å². The molecule has 0 bridgehead atoms. The van der Waals surface area contributed by atoms with Crippen molar-refractivity contribution in [3.8, 4) is 5.75 Å². The fourth-order valence-electron chi connectivity index (χ4n) is 2.65. The molecule has 2 aliphatic rings. The minimum absolute atomic E-state index is 0. The van der Waals surface area contributed by atoms with E-state index >= 15 is 0 Å². The summed E-state index contributed by atoms with van der Waals surface area (Å²) in [6.45, 7) is -2.48. The maximum Gasteiger partial charge on any atom is 0.360 e. The van der Waals surface area contributed by atoms with E-state index in [-0.39, 0.29) is 18.5 Å². The van der Waals surface area contributed by atoms with Crippen molar-refractivity contribution in [2.75, 3.05) is 6.54 Å². The van der Waals surface area contributed by atoms with Gasteiger partial charge in [0.15, 0.2) is 0 Å². The van der Waals surface area contributed by atoms with Crippen molar-refractivity contribution in [2.45, 2.75) is 31.6 Å². The first-order valence-electron chi connectivity index (χ1n) is 5.83. The Bertz CT molecular complexity index is 461. The molecule has 3 rings (SSSR count). The summed E-state index contributed by atoms with van der Waals surface area (Å²) in [4.78, 5) is 4.50. The van der Waals surface area contributed by atoms with E-state index in [1.165, 1.54) is 23.3 Å². The Morgan fingerprint density at radius 2 is 2.16 bits per heavy atom. The van der Waals surface area contributed by atoms with E-state index < -0.39 is 18.5 Å². The molecule has 0 spiro atoms. The van der Waals surface area contributed by atoms with Crippen LogP contribution in [-0.4, -0.2) is 24.3 Å². The van der Waals surface area contributed by atoms with Gasteiger partial charge in [-0.2, -0.15) is 13.8 Å². The molecular formula is C12H13ClF3NO2. The summed E-state index contributed by atoms with van der Waals surface area (Å²) in [7, 11) is 0. The molecule has 1 aromatic carbocycles. The second-order valence-corrected chi connectivity index (χ2v) is 4.43. The minimum atomic E-state index is -2.87. The van der Waals surface area contributed by atoms with Gasteiger partial charge in [-0.05, 0) is 31.0 Å². The van der Waals surface area contributed by atoms with Crippen molar-refractivity contribution < 1.29 is 22.7 Å². The first-order chi connectivity index (χ1) is 8.65. The van der Waals surface area contributed by atoms with E-state index in [4.69, 9.17) is 4.74 Å². The number of nitrogens with zero attached hydrogens (tertiary/aromatic N) is 1. The van der Waals surface area contributed by atoms with Gasteiger partial charge in [0.2, 0.25) is 0 Å². The van der Waals surface area contributed by atoms with Gasteiger partial charge in [0.05, 0.1) is 0 Å². The van der Waals surface area contributed by atoms with Gasteiger partial charge in [-0.15, -0.1) is 12.4 Å². The second kappa shape index (κ2) is 5.56. The van der Waals surface area contributed by atoms with Gasteiger partial charge in [0.25, 0.3) is 0 Å². The summed E-state index contributed by atoms with van der Waals surface area (Å²) in [5.41, 5.74) is 0.584. The molecule has 0 saturated carbocycles. The van der Waals surface area contributed by atoms with Gasteiger partial charge >= 0.3 is 6.61 Å². The molecule has 0 amide bonds. The molecule has 7 heteroatoms. The molecule has 1 saturated heterocycles. The predicted octanol–water partition coefficient (Wildman–Crippen LogP) is 3.30. The zero-order chi connectivity index (χ0) is 12.7. The Balaban J connectivity index is 0.00000133. The number of rotatable bonds is 2. The van der Waals surface area contributed by atoms with Crippen LogP contribution in [-0.2, 0) is 4.84 Å². The minimum Gasteiger partial charge on any atom is -0.488 e. The highest BCUT2D eigenvalue weighted by molar-refractivity contribution is 5.85. The zero-order valence-electron chi connectivity index (χ0n) is 9.89. The highest BCUT2D eigenvalue weighted by Crippen LogP contribution is 2.44. The largest absolute Gasteiger partial charge is 0.488 e. The molecule has 0 aliphatic carbocycles. The quantitative estimate of drug-likeness (QED) is 0.835. The molecule has 3 nitrogen and oxygen atoms in total. The van der Waals surface area contributed by atoms with Crippen molar-refractivity contribution in [3.05, 3.63) is 29.6 Å². The van der Waals surface area contributed by atoms with Crippen LogP contribution < -0.4 is 4.74 Å². The van der Waals surface area contributed by atoms with E-state index in [2.05, 4.69) is 4.84 Å². The second-order valence-electron chi connectivity index (χ2n) is 4.43. The first-order valence-corrected chi connectivity index (χ1v) is 5.83. The highest BCUT2D eigenvalue weighted by Gasteiger charge is 2.42. The van der Waals surface area contributed by atoms with Gasteiger partial charge < -0.3 is 4.74 Å². The third-order valence-electron chi connectivity index (χ3n) is 3.31. The standard InChI is InChI=1S/C12H12F3NO2.ClH/c13-7-3-4-9-8(6-7)11-10(17-9)2-1-5-16(11)18-12(14)15;/h3-4,6,10-12H,1-2,5H2;1H. The van der Waals surface area contributed by atoms with Crippen LogP contribution in [0, 0.1) is 5.82 Å². The average molecular weight is 296 g/mol. The van der Waals surface area contributed by atoms with Gasteiger partial charge in [-0.1, -0.05) is 0 Å². The molecule has 2 unspecified atom stereocenters. The van der Waals surface area contributed by atoms with Gasteiger partial charge in [0.1, 0.15) is 23.7 Å². The SMILES string of the molecule is Cl.Fc1ccc2c(c1)C1C(CCCN1OC(F)F)O2. The van der Waals surface area contributed by atoms with Crippen LogP contribution in [0.1, 0.15) is 24.4 Å². The number of hydroxylamine groups is 2. The highest BCUT2D eigenvalue weighted by atomic mass is 35.5. The van der Waals surface area contributed by atoms with Crippen LogP contribution in [0.4, 0.5) is 13.2 Å². The zero-order valence-corrected chi connectivity index (χ0v) is 10.7. The maximum atomic E-state index is 13.2. The normalized spacial score (nSPS) is 25.5. The molecule has 2 heterocycles. The van der Waals surface area contributed by atoms with Crippen molar-refractivity contribution in [1.82, 2.24) is 5.06 Å². The lowest BCUT2D eigenvalue weighted by atomic mass is 9.96. The lowest BCUT2D eigenvalue weighted by Crippen LogP contribution is -2.41. The molecular weight excluding hydrogens is 283 g/mol. The molecule has 106 valence electrons. The molecule has 0 aromatic heterocycles. The summed E-state index contributed by atoms with van der Waals surface area (Å²) in [5.74, 6) is 0.150. The third kappa shape index (κ3) is 2.66. The fourth-order valence-corrected chi connectivity index (χ4v) is 2.65. The van der Waals surface area contributed by atoms with E-state index in [1.807, 2.05) is 0 Å². The molecule has 0 radical (unpaired) electrons. The van der Waals surface area contributed by atoms with E-state index in [9.17, 15) is 13.2 Å². The first kappa shape index (κ1) is 14.4. The van der Waals surface area contributed by atoms with Crippen LogP contribution in [0.5, 0.6) is 5.75 Å². The van der Waals surface area contributed by atoms with Crippen LogP contribution >= 0.6 is 12.4 Å².